The van der Waals surface area contributed by atoms with Crippen LogP contribution >= 0.6 is 11.8 Å². The van der Waals surface area contributed by atoms with Crippen LogP contribution in [-0.2, 0) is 9.59 Å². The first-order valence-electron chi connectivity index (χ1n) is 5.66. The number of carboxylic acids is 1. The van der Waals surface area contributed by atoms with Gasteiger partial charge in [0.25, 0.3) is 0 Å². The molecule has 0 aliphatic rings. The first-order chi connectivity index (χ1) is 7.93. The molecule has 0 aliphatic heterocycles. The third-order valence-electron chi connectivity index (χ3n) is 2.62. The molecule has 0 radical (unpaired) electrons. The van der Waals surface area contributed by atoms with Gasteiger partial charge in [-0.1, -0.05) is 13.8 Å². The van der Waals surface area contributed by atoms with Crippen molar-refractivity contribution in [2.24, 2.45) is 17.6 Å². The predicted molar refractivity (Wildman–Crippen MR) is 69.9 cm³/mol. The van der Waals surface area contributed by atoms with Crippen LogP contribution in [0.4, 0.5) is 0 Å². The number of carbonyl (C=O) groups is 2. The van der Waals surface area contributed by atoms with Crippen molar-refractivity contribution < 1.29 is 14.7 Å². The van der Waals surface area contributed by atoms with Crippen LogP contribution < -0.4 is 11.1 Å². The van der Waals surface area contributed by atoms with Crippen molar-refractivity contribution in [2.45, 2.75) is 26.3 Å². The molecule has 1 amide bonds. The fourth-order valence-corrected chi connectivity index (χ4v) is 1.93. The van der Waals surface area contributed by atoms with Gasteiger partial charge >= 0.3 is 5.97 Å². The number of aliphatic carboxylic acids is 1. The number of rotatable bonds is 8. The molecule has 2 atom stereocenters. The number of thioether (sulfide) groups is 1. The third kappa shape index (κ3) is 5.93. The molecule has 0 heterocycles. The first kappa shape index (κ1) is 16.2. The number of amides is 1. The van der Waals surface area contributed by atoms with Crippen molar-refractivity contribution in [3.8, 4) is 0 Å². The van der Waals surface area contributed by atoms with Crippen LogP contribution in [0.25, 0.3) is 0 Å². The summed E-state index contributed by atoms with van der Waals surface area (Å²) < 4.78 is 0. The highest BCUT2D eigenvalue weighted by Crippen LogP contribution is 2.10. The Labute approximate surface area is 107 Å². The zero-order valence-electron chi connectivity index (χ0n) is 10.6. The summed E-state index contributed by atoms with van der Waals surface area (Å²) >= 11 is 1.56. The van der Waals surface area contributed by atoms with E-state index in [1.54, 1.807) is 11.8 Å². The summed E-state index contributed by atoms with van der Waals surface area (Å²) in [6.45, 7) is 4.03. The monoisotopic (exact) mass is 262 g/mol. The molecule has 100 valence electrons. The van der Waals surface area contributed by atoms with E-state index in [0.717, 1.165) is 0 Å². The molecule has 0 aliphatic carbocycles. The topological polar surface area (TPSA) is 92.4 Å². The Morgan fingerprint density at radius 3 is 2.35 bits per heavy atom. The first-order valence-corrected chi connectivity index (χ1v) is 7.05. The molecule has 0 saturated carbocycles. The summed E-state index contributed by atoms with van der Waals surface area (Å²) in [5, 5.41) is 11.5. The summed E-state index contributed by atoms with van der Waals surface area (Å²) in [7, 11) is 0. The molecule has 17 heavy (non-hydrogen) atoms. The smallest absolute Gasteiger partial charge is 0.326 e. The quantitative estimate of drug-likeness (QED) is 0.594. The largest absolute Gasteiger partial charge is 0.480 e. The van der Waals surface area contributed by atoms with Gasteiger partial charge in [-0.15, -0.1) is 0 Å². The molecule has 0 aromatic heterocycles. The minimum atomic E-state index is -0.994. The van der Waals surface area contributed by atoms with Gasteiger partial charge < -0.3 is 16.2 Å². The summed E-state index contributed by atoms with van der Waals surface area (Å²) in [6, 6.07) is -0.817. The lowest BCUT2D eigenvalue weighted by Gasteiger charge is -2.21. The number of nitrogens with one attached hydrogen (secondary N) is 1. The lowest BCUT2D eigenvalue weighted by atomic mass is 9.94. The second kappa shape index (κ2) is 8.36. The highest BCUT2D eigenvalue weighted by Gasteiger charge is 2.25. The van der Waals surface area contributed by atoms with Crippen molar-refractivity contribution in [1.29, 1.82) is 0 Å². The standard InChI is InChI=1S/C11H22N2O3S/c1-7(2)8(6-12)10(14)13-9(11(15)16)4-5-17-3/h7-9H,4-6,12H2,1-3H3,(H,13,14)(H,15,16)/t8?,9-/m1/s1. The van der Waals surface area contributed by atoms with Crippen LogP contribution in [0.3, 0.4) is 0 Å². The Bertz CT molecular complexity index is 259. The minimum Gasteiger partial charge on any atom is -0.480 e. The van der Waals surface area contributed by atoms with E-state index in [2.05, 4.69) is 5.32 Å². The van der Waals surface area contributed by atoms with Gasteiger partial charge in [0, 0.05) is 6.54 Å². The zero-order chi connectivity index (χ0) is 13.4. The van der Waals surface area contributed by atoms with Crippen LogP contribution in [0.15, 0.2) is 0 Å². The summed E-state index contributed by atoms with van der Waals surface area (Å²) in [4.78, 5) is 22.8. The summed E-state index contributed by atoms with van der Waals surface area (Å²) in [6.07, 6.45) is 2.33. The van der Waals surface area contributed by atoms with Gasteiger partial charge in [-0.3, -0.25) is 4.79 Å². The molecule has 0 saturated heterocycles. The van der Waals surface area contributed by atoms with Gasteiger partial charge in [-0.2, -0.15) is 11.8 Å². The molecule has 0 spiro atoms. The molecular weight excluding hydrogens is 240 g/mol. The number of carbonyl (C=O) groups excluding carboxylic acids is 1. The van der Waals surface area contributed by atoms with Gasteiger partial charge in [0.2, 0.25) is 5.91 Å². The van der Waals surface area contributed by atoms with Gasteiger partial charge in [0.15, 0.2) is 0 Å². The van der Waals surface area contributed by atoms with Crippen LogP contribution in [0.5, 0.6) is 0 Å². The van der Waals surface area contributed by atoms with E-state index in [4.69, 9.17) is 10.8 Å². The Hall–Kier alpha value is -0.750. The van der Waals surface area contributed by atoms with E-state index in [1.165, 1.54) is 0 Å². The van der Waals surface area contributed by atoms with Crippen LogP contribution in [-0.4, -0.2) is 41.6 Å². The molecular formula is C11H22N2O3S. The van der Waals surface area contributed by atoms with Gasteiger partial charge in [-0.05, 0) is 24.3 Å². The maximum Gasteiger partial charge on any atom is 0.326 e. The van der Waals surface area contributed by atoms with E-state index in [9.17, 15) is 9.59 Å². The molecule has 0 aromatic carbocycles. The van der Waals surface area contributed by atoms with Crippen LogP contribution in [0, 0.1) is 11.8 Å². The SMILES string of the molecule is CSCC[C@@H](NC(=O)C(CN)C(C)C)C(=O)O. The van der Waals surface area contributed by atoms with E-state index in [1.807, 2.05) is 20.1 Å². The Morgan fingerprint density at radius 2 is 2.00 bits per heavy atom. The molecule has 6 heteroatoms. The van der Waals surface area contributed by atoms with Gasteiger partial charge in [0.05, 0.1) is 5.92 Å². The molecule has 0 aromatic rings. The van der Waals surface area contributed by atoms with Crippen LogP contribution in [0.2, 0.25) is 0 Å². The summed E-state index contributed by atoms with van der Waals surface area (Å²) in [5.41, 5.74) is 5.51. The fourth-order valence-electron chi connectivity index (χ4n) is 1.45. The molecule has 0 bridgehead atoms. The van der Waals surface area contributed by atoms with Crippen LogP contribution in [0.1, 0.15) is 20.3 Å². The Morgan fingerprint density at radius 1 is 1.41 bits per heavy atom. The Balaban J connectivity index is 4.43. The minimum absolute atomic E-state index is 0.106. The molecule has 0 rings (SSSR count). The zero-order valence-corrected chi connectivity index (χ0v) is 11.4. The van der Waals surface area contributed by atoms with E-state index in [0.29, 0.717) is 12.2 Å². The Kier molecular flexibility index (Phi) is 7.99. The number of nitrogens with two attached hydrogens (primary N) is 1. The highest BCUT2D eigenvalue weighted by molar-refractivity contribution is 7.98. The third-order valence-corrected chi connectivity index (χ3v) is 3.26. The second-order valence-electron chi connectivity index (χ2n) is 4.27. The molecule has 0 fully saturated rings. The average Bonchev–Trinajstić information content (AvgIpc) is 2.24. The maximum atomic E-state index is 11.8. The number of carboxylic acid groups (broad SMARTS) is 1. The van der Waals surface area contributed by atoms with Crippen molar-refractivity contribution in [3.63, 3.8) is 0 Å². The van der Waals surface area contributed by atoms with E-state index in [-0.39, 0.29) is 24.3 Å². The highest BCUT2D eigenvalue weighted by atomic mass is 32.2. The van der Waals surface area contributed by atoms with Crippen molar-refractivity contribution in [2.75, 3.05) is 18.6 Å². The van der Waals surface area contributed by atoms with Crippen molar-refractivity contribution in [1.82, 2.24) is 5.32 Å². The fraction of sp³-hybridized carbons (Fsp3) is 0.818. The molecule has 4 N–H and O–H groups in total. The number of hydrogen-bond donors (Lipinski definition) is 3. The summed E-state index contributed by atoms with van der Waals surface area (Å²) in [5.74, 6) is -0.782. The second-order valence-corrected chi connectivity index (χ2v) is 5.25. The predicted octanol–water partition coefficient (Wildman–Crippen LogP) is 0.540. The lowest BCUT2D eigenvalue weighted by molar-refractivity contribution is -0.142. The normalized spacial score (nSPS) is 14.4. The van der Waals surface area contributed by atoms with Gasteiger partial charge in [0.1, 0.15) is 6.04 Å². The molecule has 1 unspecified atom stereocenters. The van der Waals surface area contributed by atoms with Crippen molar-refractivity contribution >= 4 is 23.6 Å². The number of hydrogen-bond acceptors (Lipinski definition) is 4. The maximum absolute atomic E-state index is 11.8. The van der Waals surface area contributed by atoms with E-state index < -0.39 is 12.0 Å². The molecule has 5 nitrogen and oxygen atoms in total. The van der Waals surface area contributed by atoms with E-state index >= 15 is 0 Å². The van der Waals surface area contributed by atoms with Gasteiger partial charge in [-0.25, -0.2) is 4.79 Å². The lowest BCUT2D eigenvalue weighted by Crippen LogP contribution is -2.46. The average molecular weight is 262 g/mol. The van der Waals surface area contributed by atoms with Crippen molar-refractivity contribution in [3.05, 3.63) is 0 Å².